The van der Waals surface area contributed by atoms with Gasteiger partial charge in [-0.25, -0.2) is 9.78 Å². The second-order valence-corrected chi connectivity index (χ2v) is 7.23. The minimum atomic E-state index is -0.966. The van der Waals surface area contributed by atoms with Crippen LogP contribution in [0, 0.1) is 0 Å². The number of benzene rings is 2. The Morgan fingerprint density at radius 2 is 1.83 bits per heavy atom. The van der Waals surface area contributed by atoms with Crippen LogP contribution < -0.4 is 15.4 Å². The molecule has 156 valence electrons. The first-order valence-electron chi connectivity index (χ1n) is 9.53. The molecule has 8 heteroatoms. The van der Waals surface area contributed by atoms with Gasteiger partial charge in [0.1, 0.15) is 5.75 Å². The van der Waals surface area contributed by atoms with Crippen molar-refractivity contribution in [1.29, 1.82) is 0 Å². The van der Waals surface area contributed by atoms with Gasteiger partial charge in [0.25, 0.3) is 5.91 Å². The number of aromatic nitrogens is 1. The summed E-state index contributed by atoms with van der Waals surface area (Å²) in [5.41, 5.74) is 1.86. The van der Waals surface area contributed by atoms with Crippen LogP contribution in [0.15, 0.2) is 60.0 Å². The van der Waals surface area contributed by atoms with E-state index in [0.29, 0.717) is 24.0 Å². The predicted molar refractivity (Wildman–Crippen MR) is 117 cm³/mol. The van der Waals surface area contributed by atoms with E-state index in [0.717, 1.165) is 11.3 Å². The lowest BCUT2D eigenvalue weighted by atomic mass is 10.2. The maximum absolute atomic E-state index is 12.3. The molecule has 0 spiro atoms. The van der Waals surface area contributed by atoms with Gasteiger partial charge in [-0.1, -0.05) is 30.3 Å². The van der Waals surface area contributed by atoms with Crippen molar-refractivity contribution in [1.82, 2.24) is 4.98 Å². The number of ether oxygens (including phenoxy) is 2. The van der Waals surface area contributed by atoms with Crippen LogP contribution in [0.5, 0.6) is 5.75 Å². The summed E-state index contributed by atoms with van der Waals surface area (Å²) in [5.74, 6) is -0.353. The molecule has 2 aromatic carbocycles. The van der Waals surface area contributed by atoms with Crippen LogP contribution in [-0.4, -0.2) is 29.6 Å². The van der Waals surface area contributed by atoms with Crippen molar-refractivity contribution >= 4 is 34.0 Å². The van der Waals surface area contributed by atoms with Crippen molar-refractivity contribution in [2.75, 3.05) is 17.2 Å². The molecular formula is C22H23N3O4S. The molecular weight excluding hydrogens is 402 g/mol. The fraction of sp³-hybridized carbons (Fsp3) is 0.227. The predicted octanol–water partition coefficient (Wildman–Crippen LogP) is 4.34. The van der Waals surface area contributed by atoms with E-state index in [9.17, 15) is 9.59 Å². The molecule has 1 atom stereocenters. The quantitative estimate of drug-likeness (QED) is 0.496. The molecule has 0 aliphatic heterocycles. The molecule has 1 amide bonds. The highest BCUT2D eigenvalue weighted by atomic mass is 32.1. The van der Waals surface area contributed by atoms with Gasteiger partial charge in [-0.2, -0.15) is 0 Å². The standard InChI is InChI=1S/C22H23N3O4S/c1-3-28-18-11-9-17(10-12-18)24-20(26)15(2)29-21(27)19-14-30-22(25-19)23-13-16-7-5-4-6-8-16/h4-12,14-15H,3,13H2,1-2H3,(H,23,25)(H,24,26). The summed E-state index contributed by atoms with van der Waals surface area (Å²) in [6.07, 6.45) is -0.966. The number of rotatable bonds is 9. The van der Waals surface area contributed by atoms with Crippen LogP contribution in [-0.2, 0) is 16.1 Å². The van der Waals surface area contributed by atoms with Gasteiger partial charge < -0.3 is 20.1 Å². The lowest BCUT2D eigenvalue weighted by molar-refractivity contribution is -0.123. The third-order valence-corrected chi connectivity index (χ3v) is 4.89. The lowest BCUT2D eigenvalue weighted by Crippen LogP contribution is -2.30. The Hall–Kier alpha value is -3.39. The molecule has 0 radical (unpaired) electrons. The number of nitrogens with zero attached hydrogens (tertiary/aromatic N) is 1. The summed E-state index contributed by atoms with van der Waals surface area (Å²) in [4.78, 5) is 28.9. The number of hydrogen-bond donors (Lipinski definition) is 2. The molecule has 0 fully saturated rings. The van der Waals surface area contributed by atoms with E-state index in [4.69, 9.17) is 9.47 Å². The molecule has 0 aliphatic carbocycles. The van der Waals surface area contributed by atoms with E-state index in [1.54, 1.807) is 29.6 Å². The molecule has 7 nitrogen and oxygen atoms in total. The molecule has 1 aromatic heterocycles. The Balaban J connectivity index is 1.49. The molecule has 2 N–H and O–H groups in total. The average Bonchev–Trinajstić information content (AvgIpc) is 3.24. The van der Waals surface area contributed by atoms with Gasteiger partial charge in [-0.3, -0.25) is 4.79 Å². The summed E-state index contributed by atoms with van der Waals surface area (Å²) in [6, 6.07) is 16.8. The van der Waals surface area contributed by atoms with E-state index in [1.807, 2.05) is 37.3 Å². The summed E-state index contributed by atoms with van der Waals surface area (Å²) >= 11 is 1.31. The Bertz CT molecular complexity index is 974. The molecule has 0 saturated carbocycles. The Morgan fingerprint density at radius 1 is 1.10 bits per heavy atom. The fourth-order valence-corrected chi connectivity index (χ4v) is 3.22. The van der Waals surface area contributed by atoms with Gasteiger partial charge in [-0.05, 0) is 43.7 Å². The van der Waals surface area contributed by atoms with E-state index in [-0.39, 0.29) is 5.69 Å². The van der Waals surface area contributed by atoms with Gasteiger partial charge >= 0.3 is 5.97 Å². The highest BCUT2D eigenvalue weighted by Gasteiger charge is 2.21. The number of thiazole rings is 1. The zero-order valence-electron chi connectivity index (χ0n) is 16.8. The van der Waals surface area contributed by atoms with Crippen molar-refractivity contribution in [2.24, 2.45) is 0 Å². The van der Waals surface area contributed by atoms with Crippen LogP contribution in [0.1, 0.15) is 29.9 Å². The number of esters is 1. The first-order valence-corrected chi connectivity index (χ1v) is 10.4. The van der Waals surface area contributed by atoms with E-state index >= 15 is 0 Å². The Morgan fingerprint density at radius 3 is 2.53 bits per heavy atom. The first-order chi connectivity index (χ1) is 14.5. The van der Waals surface area contributed by atoms with Crippen LogP contribution >= 0.6 is 11.3 Å². The molecule has 3 rings (SSSR count). The zero-order chi connectivity index (χ0) is 21.3. The average molecular weight is 426 g/mol. The maximum atomic E-state index is 12.3. The molecule has 1 heterocycles. The Labute approximate surface area is 179 Å². The van der Waals surface area contributed by atoms with Crippen LogP contribution in [0.4, 0.5) is 10.8 Å². The van der Waals surface area contributed by atoms with Crippen molar-refractivity contribution < 1.29 is 19.1 Å². The van der Waals surface area contributed by atoms with Gasteiger partial charge in [0, 0.05) is 17.6 Å². The molecule has 0 aliphatic rings. The summed E-state index contributed by atoms with van der Waals surface area (Å²) in [5, 5.41) is 8.09. The topological polar surface area (TPSA) is 89.5 Å². The van der Waals surface area contributed by atoms with Crippen molar-refractivity contribution in [3.63, 3.8) is 0 Å². The highest BCUT2D eigenvalue weighted by Crippen LogP contribution is 2.19. The second-order valence-electron chi connectivity index (χ2n) is 6.37. The normalized spacial score (nSPS) is 11.4. The van der Waals surface area contributed by atoms with E-state index in [1.165, 1.54) is 18.3 Å². The molecule has 30 heavy (non-hydrogen) atoms. The first kappa shape index (κ1) is 21.3. The van der Waals surface area contributed by atoms with Crippen LogP contribution in [0.2, 0.25) is 0 Å². The van der Waals surface area contributed by atoms with Crippen molar-refractivity contribution in [3.8, 4) is 5.75 Å². The summed E-state index contributed by atoms with van der Waals surface area (Å²) in [6.45, 7) is 4.58. The number of hydrogen-bond acceptors (Lipinski definition) is 7. The number of amides is 1. The lowest BCUT2D eigenvalue weighted by Gasteiger charge is -2.13. The zero-order valence-corrected chi connectivity index (χ0v) is 17.6. The third kappa shape index (κ3) is 6.05. The SMILES string of the molecule is CCOc1ccc(NC(=O)C(C)OC(=O)c2csc(NCc3ccccc3)n2)cc1. The van der Waals surface area contributed by atoms with Crippen molar-refractivity contribution in [2.45, 2.75) is 26.5 Å². The van der Waals surface area contributed by atoms with E-state index in [2.05, 4.69) is 15.6 Å². The maximum Gasteiger partial charge on any atom is 0.358 e. The molecule has 1 unspecified atom stereocenters. The van der Waals surface area contributed by atoms with Gasteiger partial charge in [-0.15, -0.1) is 11.3 Å². The number of anilines is 2. The minimum Gasteiger partial charge on any atom is -0.494 e. The van der Waals surface area contributed by atoms with Crippen molar-refractivity contribution in [3.05, 3.63) is 71.2 Å². The van der Waals surface area contributed by atoms with E-state index < -0.39 is 18.0 Å². The smallest absolute Gasteiger partial charge is 0.358 e. The monoisotopic (exact) mass is 425 g/mol. The Kier molecular flexibility index (Phi) is 7.40. The molecule has 3 aromatic rings. The fourth-order valence-electron chi connectivity index (χ4n) is 2.54. The third-order valence-electron chi connectivity index (χ3n) is 4.09. The number of carbonyl (C=O) groups excluding carboxylic acids is 2. The van der Waals surface area contributed by atoms with Gasteiger partial charge in [0.05, 0.1) is 6.61 Å². The summed E-state index contributed by atoms with van der Waals surface area (Å²) in [7, 11) is 0. The number of nitrogens with one attached hydrogen (secondary N) is 2. The van der Waals surface area contributed by atoms with Gasteiger partial charge in [0.15, 0.2) is 16.9 Å². The summed E-state index contributed by atoms with van der Waals surface area (Å²) < 4.78 is 10.6. The second kappa shape index (κ2) is 10.4. The van der Waals surface area contributed by atoms with Crippen LogP contribution in [0.25, 0.3) is 0 Å². The minimum absolute atomic E-state index is 0.163. The highest BCUT2D eigenvalue weighted by molar-refractivity contribution is 7.13. The number of carbonyl (C=O) groups is 2. The molecule has 0 bridgehead atoms. The van der Waals surface area contributed by atoms with Crippen LogP contribution in [0.3, 0.4) is 0 Å². The largest absolute Gasteiger partial charge is 0.494 e. The molecule has 0 saturated heterocycles. The van der Waals surface area contributed by atoms with Gasteiger partial charge in [0.2, 0.25) is 0 Å².